The van der Waals surface area contributed by atoms with Crippen molar-refractivity contribution in [1.29, 1.82) is 0 Å². The van der Waals surface area contributed by atoms with Gasteiger partial charge in [-0.15, -0.1) is 0 Å². The van der Waals surface area contributed by atoms with Gasteiger partial charge in [0.25, 0.3) is 0 Å². The molecule has 0 aromatic rings. The van der Waals surface area contributed by atoms with Crippen molar-refractivity contribution in [3.8, 4) is 0 Å². The minimum Gasteiger partial charge on any atom is -0.398 e. The van der Waals surface area contributed by atoms with Crippen LogP contribution >= 0.6 is 0 Å². The average Bonchev–Trinajstić information content (AvgIpc) is 2.01. The molecule has 12 N–H and O–H groups in total. The highest BCUT2D eigenvalue weighted by molar-refractivity contribution is 6.32. The number of hydrazine groups is 1. The molecule has 18 heteroatoms. The van der Waals surface area contributed by atoms with Crippen molar-refractivity contribution in [2.45, 2.75) is 0 Å². The Balaban J connectivity index is -0.0000000399. The maximum absolute atomic E-state index is 10.1. The average molecular weight is 287 g/mol. The Morgan fingerprint density at radius 3 is 0.444 bits per heavy atom. The molecule has 0 spiro atoms. The molecule has 0 aromatic carbocycles. The van der Waals surface area contributed by atoms with Gasteiger partial charge in [0.2, 0.25) is 0 Å². The Labute approximate surface area is 99.8 Å². The molecule has 0 heterocycles. The highest BCUT2D eigenvalue weighted by atomic mass is 19.1. The van der Waals surface area contributed by atoms with E-state index in [1.165, 1.54) is 0 Å². The molecule has 0 bridgehead atoms. The topological polar surface area (TPSA) is 214 Å². The molecule has 0 aliphatic heterocycles. The summed E-state index contributed by atoms with van der Waals surface area (Å²) in [6.45, 7) is 0. The molecule has 18 heavy (non-hydrogen) atoms. The third-order valence-electron chi connectivity index (χ3n) is 0. The summed E-state index contributed by atoms with van der Waals surface area (Å²) in [6.07, 6.45) is 0. The second-order valence-electron chi connectivity index (χ2n) is 1.24. The second-order valence-corrected chi connectivity index (χ2v) is 1.24. The predicted octanol–water partition coefficient (Wildman–Crippen LogP) is -5.48. The Morgan fingerprint density at radius 2 is 0.444 bits per heavy atom. The third kappa shape index (κ3) is 18800. The van der Waals surface area contributed by atoms with E-state index in [2.05, 4.69) is 11.7 Å². The van der Waals surface area contributed by atoms with Crippen molar-refractivity contribution in [2.24, 2.45) is 11.7 Å². The van der Waals surface area contributed by atoms with Gasteiger partial charge in [-0.25, -0.2) is 0 Å². The van der Waals surface area contributed by atoms with Crippen molar-refractivity contribution in [3.63, 3.8) is 0 Å². The van der Waals surface area contributed by atoms with E-state index in [0.29, 0.717) is 0 Å². The number of hydrogen-bond acceptors (Lipinski definition) is 10. The quantitative estimate of drug-likeness (QED) is 0.0882. The summed E-state index contributed by atoms with van der Waals surface area (Å²) >= 11 is 0. The molecule has 0 fully saturated rings. The lowest BCUT2D eigenvalue weighted by Crippen LogP contribution is -2.02. The molecule has 0 saturated carbocycles. The molecule has 110 valence electrons. The van der Waals surface area contributed by atoms with E-state index in [1.807, 2.05) is 0 Å². The van der Waals surface area contributed by atoms with Crippen LogP contribution < -0.4 is 11.7 Å². The van der Waals surface area contributed by atoms with Crippen LogP contribution in [0.5, 0.6) is 0 Å². The van der Waals surface area contributed by atoms with Crippen LogP contribution in [-0.2, 0) is 0 Å². The first-order valence-corrected chi connectivity index (χ1v) is 3.27. The fraction of sp³-hybridized carbons (Fsp3) is 0. The Kier molecular flexibility index (Phi) is 50.9. The molecule has 0 aliphatic rings. The van der Waals surface area contributed by atoms with Gasteiger partial charge in [0, 0.05) is 0 Å². The van der Waals surface area contributed by atoms with E-state index in [0.717, 1.165) is 0 Å². The van der Waals surface area contributed by atoms with Crippen molar-refractivity contribution < 1.29 is 57.5 Å². The lowest BCUT2D eigenvalue weighted by molar-refractivity contribution is 0.338. The fourth-order valence-electron chi connectivity index (χ4n) is 0. The fourth-order valence-corrected chi connectivity index (χ4v) is 0. The number of nitrogens with two attached hydrogens (primary N) is 2. The first kappa shape index (κ1) is 30.5. The molecule has 0 rings (SSSR count). The molecule has 0 atom stereocenters. The van der Waals surface area contributed by atoms with E-state index in [4.69, 9.17) is 40.2 Å². The molecule has 0 amide bonds. The monoisotopic (exact) mass is 288 g/mol. The predicted molar refractivity (Wildman–Crippen MR) is 53.6 cm³/mol. The zero-order valence-electron chi connectivity index (χ0n) is 8.55. The molecular formula is H12B4F4N2O8. The van der Waals surface area contributed by atoms with E-state index in [9.17, 15) is 17.3 Å². The summed E-state index contributed by atoms with van der Waals surface area (Å²) in [5, 5.41) is 55.6. The summed E-state index contributed by atoms with van der Waals surface area (Å²) in [6, 6.07) is 0. The summed E-state index contributed by atoms with van der Waals surface area (Å²) < 4.78 is 40.4. The lowest BCUT2D eigenvalue weighted by Gasteiger charge is -1.65. The highest BCUT2D eigenvalue weighted by Crippen LogP contribution is 1.58. The van der Waals surface area contributed by atoms with E-state index < -0.39 is 29.6 Å². The van der Waals surface area contributed by atoms with Gasteiger partial charge in [0.1, 0.15) is 0 Å². The zero-order chi connectivity index (χ0) is 16.3. The van der Waals surface area contributed by atoms with Crippen LogP contribution in [0.4, 0.5) is 17.3 Å². The van der Waals surface area contributed by atoms with Crippen LogP contribution in [0.25, 0.3) is 0 Å². The summed E-state index contributed by atoms with van der Waals surface area (Å²) in [5.41, 5.74) is 0. The van der Waals surface area contributed by atoms with Crippen LogP contribution in [0.3, 0.4) is 0 Å². The SMILES string of the molecule is NN.OB(O)F.OB(O)F.OB(O)F.OB(O)F. The number of rotatable bonds is 0. The van der Waals surface area contributed by atoms with Crippen LogP contribution in [0.1, 0.15) is 0 Å². The molecule has 0 radical (unpaired) electrons. The maximum atomic E-state index is 10.1. The van der Waals surface area contributed by atoms with Gasteiger partial charge in [0.15, 0.2) is 0 Å². The number of halogens is 4. The minimum atomic E-state index is -2.67. The third-order valence-corrected chi connectivity index (χ3v) is 0. The summed E-state index contributed by atoms with van der Waals surface area (Å²) in [4.78, 5) is 0. The first-order valence-electron chi connectivity index (χ1n) is 3.27. The zero-order valence-corrected chi connectivity index (χ0v) is 8.55. The smallest absolute Gasteiger partial charge is 0.398 e. The number of hydrogen-bond donors (Lipinski definition) is 10. The summed E-state index contributed by atoms with van der Waals surface area (Å²) in [7, 11) is -10.7. The lowest BCUT2D eigenvalue weighted by atomic mass is 10.3. The Morgan fingerprint density at radius 1 is 0.444 bits per heavy atom. The standard InChI is InChI=1S/4BFH2O2.H4N2/c4*2-1(3)4;1-2/h4*3-4H;1-2H2. The molecular weight excluding hydrogens is 275 g/mol. The molecule has 10 nitrogen and oxygen atoms in total. The molecule has 0 aliphatic carbocycles. The van der Waals surface area contributed by atoms with E-state index in [-0.39, 0.29) is 0 Å². The Bertz CT molecular complexity index is 76.1. The highest BCUT2D eigenvalue weighted by Gasteiger charge is 1.98. The Hall–Kier alpha value is -0.420. The van der Waals surface area contributed by atoms with Crippen molar-refractivity contribution >= 4 is 29.6 Å². The normalized spacial score (nSPS) is 6.33. The molecule has 0 unspecified atom stereocenters. The summed E-state index contributed by atoms with van der Waals surface area (Å²) in [5.74, 6) is 8.00. The van der Waals surface area contributed by atoms with Gasteiger partial charge in [-0.1, -0.05) is 0 Å². The van der Waals surface area contributed by atoms with Gasteiger partial charge in [-0.2, -0.15) is 0 Å². The van der Waals surface area contributed by atoms with Crippen LogP contribution in [0.15, 0.2) is 0 Å². The molecule has 0 aromatic heterocycles. The van der Waals surface area contributed by atoms with E-state index in [1.54, 1.807) is 0 Å². The van der Waals surface area contributed by atoms with Gasteiger partial charge >= 0.3 is 29.6 Å². The van der Waals surface area contributed by atoms with Crippen molar-refractivity contribution in [2.75, 3.05) is 0 Å². The van der Waals surface area contributed by atoms with Gasteiger partial charge in [0.05, 0.1) is 0 Å². The van der Waals surface area contributed by atoms with Crippen LogP contribution in [0, 0.1) is 0 Å². The van der Waals surface area contributed by atoms with E-state index >= 15 is 0 Å². The van der Waals surface area contributed by atoms with Gasteiger partial charge < -0.3 is 40.2 Å². The van der Waals surface area contributed by atoms with Crippen molar-refractivity contribution in [3.05, 3.63) is 0 Å². The van der Waals surface area contributed by atoms with Gasteiger partial charge in [-0.05, 0) is 0 Å². The van der Waals surface area contributed by atoms with Gasteiger partial charge in [-0.3, -0.25) is 28.9 Å². The first-order chi connectivity index (χ1) is 7.93. The van der Waals surface area contributed by atoms with Crippen LogP contribution in [0.2, 0.25) is 0 Å². The second kappa shape index (κ2) is 30.0. The van der Waals surface area contributed by atoms with Crippen molar-refractivity contribution in [1.82, 2.24) is 0 Å². The largest absolute Gasteiger partial charge is 0.674 e. The minimum absolute atomic E-state index is 2.67. The maximum Gasteiger partial charge on any atom is 0.674 e. The molecule has 0 saturated heterocycles. The van der Waals surface area contributed by atoms with Crippen LogP contribution in [-0.4, -0.2) is 69.8 Å².